The third kappa shape index (κ3) is 4.22. The molecule has 3 nitrogen and oxygen atoms in total. The first kappa shape index (κ1) is 14.4. The SMILES string of the molecule is CC(C)(CCO)NC(=O)c1cc(S)ccc1Cl. The predicted octanol–water partition coefficient (Wildman–Crippen LogP) is 2.52. The van der Waals surface area contributed by atoms with E-state index >= 15 is 0 Å². The van der Waals surface area contributed by atoms with Crippen LogP contribution in [0.5, 0.6) is 0 Å². The van der Waals surface area contributed by atoms with Crippen molar-refractivity contribution in [2.75, 3.05) is 6.61 Å². The smallest absolute Gasteiger partial charge is 0.253 e. The summed E-state index contributed by atoms with van der Waals surface area (Å²) in [7, 11) is 0. The molecule has 0 spiro atoms. The summed E-state index contributed by atoms with van der Waals surface area (Å²) in [6, 6.07) is 4.98. The van der Waals surface area contributed by atoms with Gasteiger partial charge in [0.25, 0.3) is 5.91 Å². The van der Waals surface area contributed by atoms with Gasteiger partial charge < -0.3 is 10.4 Å². The first-order valence-corrected chi connectivity index (χ1v) is 6.10. The average Bonchev–Trinajstić information content (AvgIpc) is 2.20. The number of hydrogen-bond acceptors (Lipinski definition) is 3. The van der Waals surface area contributed by atoms with Gasteiger partial charge in [0.15, 0.2) is 0 Å². The Kier molecular flexibility index (Phi) is 4.86. The van der Waals surface area contributed by atoms with Crippen LogP contribution in [0.2, 0.25) is 5.02 Å². The van der Waals surface area contributed by atoms with Crippen LogP contribution in [0, 0.1) is 0 Å². The Labute approximate surface area is 112 Å². The highest BCUT2D eigenvalue weighted by Gasteiger charge is 2.21. The van der Waals surface area contributed by atoms with Crippen LogP contribution in [0.1, 0.15) is 30.6 Å². The molecule has 0 radical (unpaired) electrons. The maximum Gasteiger partial charge on any atom is 0.253 e. The van der Waals surface area contributed by atoms with E-state index in [1.165, 1.54) is 0 Å². The molecule has 0 fully saturated rings. The molecule has 0 aliphatic heterocycles. The Morgan fingerprint density at radius 3 is 2.76 bits per heavy atom. The zero-order valence-electron chi connectivity index (χ0n) is 9.83. The van der Waals surface area contributed by atoms with E-state index in [1.54, 1.807) is 18.2 Å². The molecule has 0 unspecified atom stereocenters. The van der Waals surface area contributed by atoms with Crippen molar-refractivity contribution in [3.8, 4) is 0 Å². The number of thiol groups is 1. The van der Waals surface area contributed by atoms with Gasteiger partial charge in [-0.25, -0.2) is 0 Å². The van der Waals surface area contributed by atoms with Crippen LogP contribution in [-0.2, 0) is 0 Å². The van der Waals surface area contributed by atoms with Gasteiger partial charge in [-0.2, -0.15) is 0 Å². The van der Waals surface area contributed by atoms with Gasteiger partial charge in [-0.15, -0.1) is 12.6 Å². The van der Waals surface area contributed by atoms with Gasteiger partial charge in [0, 0.05) is 17.0 Å². The second-order valence-electron chi connectivity index (χ2n) is 4.48. The fourth-order valence-corrected chi connectivity index (χ4v) is 1.81. The number of aliphatic hydroxyl groups is 1. The second-order valence-corrected chi connectivity index (χ2v) is 5.40. The fourth-order valence-electron chi connectivity index (χ4n) is 1.40. The molecule has 17 heavy (non-hydrogen) atoms. The van der Waals surface area contributed by atoms with Gasteiger partial charge in [-0.3, -0.25) is 4.79 Å². The van der Waals surface area contributed by atoms with Crippen molar-refractivity contribution >= 4 is 30.1 Å². The molecule has 0 heterocycles. The zero-order chi connectivity index (χ0) is 13.1. The van der Waals surface area contributed by atoms with Gasteiger partial charge in [-0.05, 0) is 38.5 Å². The van der Waals surface area contributed by atoms with E-state index < -0.39 is 5.54 Å². The number of carbonyl (C=O) groups excluding carboxylic acids is 1. The lowest BCUT2D eigenvalue weighted by Crippen LogP contribution is -2.44. The summed E-state index contributed by atoms with van der Waals surface area (Å²) in [5, 5.41) is 12.1. The van der Waals surface area contributed by atoms with Gasteiger partial charge in [0.1, 0.15) is 0 Å². The van der Waals surface area contributed by atoms with Crippen LogP contribution in [0.3, 0.4) is 0 Å². The minimum atomic E-state index is -0.470. The van der Waals surface area contributed by atoms with E-state index in [-0.39, 0.29) is 12.5 Å². The summed E-state index contributed by atoms with van der Waals surface area (Å²) in [4.78, 5) is 12.7. The molecule has 2 N–H and O–H groups in total. The molecule has 0 bridgehead atoms. The summed E-state index contributed by atoms with van der Waals surface area (Å²) < 4.78 is 0. The van der Waals surface area contributed by atoms with Crippen molar-refractivity contribution in [2.24, 2.45) is 0 Å². The topological polar surface area (TPSA) is 49.3 Å². The Morgan fingerprint density at radius 1 is 1.53 bits per heavy atom. The lowest BCUT2D eigenvalue weighted by atomic mass is 10.0. The fraction of sp³-hybridized carbons (Fsp3) is 0.417. The largest absolute Gasteiger partial charge is 0.396 e. The molecule has 1 amide bonds. The minimum absolute atomic E-state index is 0.0214. The maximum absolute atomic E-state index is 12.0. The van der Waals surface area contributed by atoms with Gasteiger partial charge in [0.05, 0.1) is 10.6 Å². The molecule has 0 saturated heterocycles. The molecule has 0 atom stereocenters. The van der Waals surface area contributed by atoms with Crippen molar-refractivity contribution in [1.82, 2.24) is 5.32 Å². The lowest BCUT2D eigenvalue weighted by Gasteiger charge is -2.25. The predicted molar refractivity (Wildman–Crippen MR) is 72.0 cm³/mol. The van der Waals surface area contributed by atoms with Crippen LogP contribution in [-0.4, -0.2) is 23.2 Å². The Hall–Kier alpha value is -0.710. The standard InChI is InChI=1S/C12H16ClNO2S/c1-12(2,5-6-15)14-11(16)9-7-8(17)3-4-10(9)13/h3-4,7,15,17H,5-6H2,1-2H3,(H,14,16). The molecule has 5 heteroatoms. The lowest BCUT2D eigenvalue weighted by molar-refractivity contribution is 0.0899. The number of benzene rings is 1. The summed E-state index contributed by atoms with van der Waals surface area (Å²) in [5.74, 6) is -0.260. The normalized spacial score (nSPS) is 11.4. The Bertz CT molecular complexity index is 421. The van der Waals surface area contributed by atoms with E-state index in [0.29, 0.717) is 21.9 Å². The number of amides is 1. The van der Waals surface area contributed by atoms with Crippen LogP contribution < -0.4 is 5.32 Å². The van der Waals surface area contributed by atoms with E-state index in [0.717, 1.165) is 0 Å². The van der Waals surface area contributed by atoms with Crippen LogP contribution in [0.25, 0.3) is 0 Å². The number of aliphatic hydroxyl groups excluding tert-OH is 1. The molecular weight excluding hydrogens is 258 g/mol. The van der Waals surface area contributed by atoms with Crippen LogP contribution >= 0.6 is 24.2 Å². The number of nitrogens with one attached hydrogen (secondary N) is 1. The third-order valence-electron chi connectivity index (χ3n) is 2.38. The number of rotatable bonds is 4. The van der Waals surface area contributed by atoms with Crippen molar-refractivity contribution in [3.63, 3.8) is 0 Å². The monoisotopic (exact) mass is 273 g/mol. The Balaban J connectivity index is 2.86. The summed E-state index contributed by atoms with van der Waals surface area (Å²) in [6.07, 6.45) is 0.483. The highest BCUT2D eigenvalue weighted by molar-refractivity contribution is 7.80. The average molecular weight is 274 g/mol. The molecule has 0 aliphatic rings. The molecule has 0 aromatic heterocycles. The summed E-state index contributed by atoms with van der Waals surface area (Å²) >= 11 is 10.1. The highest BCUT2D eigenvalue weighted by Crippen LogP contribution is 2.20. The molecule has 0 saturated carbocycles. The van der Waals surface area contributed by atoms with Crippen molar-refractivity contribution < 1.29 is 9.90 Å². The second kappa shape index (κ2) is 5.76. The van der Waals surface area contributed by atoms with E-state index in [9.17, 15) is 4.79 Å². The number of halogens is 1. The molecule has 1 rings (SSSR count). The van der Waals surface area contributed by atoms with Crippen molar-refractivity contribution in [3.05, 3.63) is 28.8 Å². The van der Waals surface area contributed by atoms with Crippen LogP contribution in [0.15, 0.2) is 23.1 Å². The van der Waals surface area contributed by atoms with Gasteiger partial charge >= 0.3 is 0 Å². The van der Waals surface area contributed by atoms with E-state index in [2.05, 4.69) is 17.9 Å². The first-order chi connectivity index (χ1) is 7.85. The molecule has 94 valence electrons. The summed E-state index contributed by atoms with van der Waals surface area (Å²) in [5.41, 5.74) is -0.0768. The van der Waals surface area contributed by atoms with Gasteiger partial charge in [-0.1, -0.05) is 11.6 Å². The van der Waals surface area contributed by atoms with Crippen LogP contribution in [0.4, 0.5) is 0 Å². The maximum atomic E-state index is 12.0. The number of carbonyl (C=O) groups is 1. The molecule has 1 aromatic carbocycles. The van der Waals surface area contributed by atoms with E-state index in [1.807, 2.05) is 13.8 Å². The molecular formula is C12H16ClNO2S. The number of hydrogen-bond donors (Lipinski definition) is 3. The van der Waals surface area contributed by atoms with Crippen molar-refractivity contribution in [1.29, 1.82) is 0 Å². The van der Waals surface area contributed by atoms with Crippen molar-refractivity contribution in [2.45, 2.75) is 30.7 Å². The minimum Gasteiger partial charge on any atom is -0.396 e. The first-order valence-electron chi connectivity index (χ1n) is 5.27. The third-order valence-corrected chi connectivity index (χ3v) is 2.99. The van der Waals surface area contributed by atoms with Gasteiger partial charge in [0.2, 0.25) is 0 Å². The summed E-state index contributed by atoms with van der Waals surface area (Å²) in [6.45, 7) is 3.72. The van der Waals surface area contributed by atoms with E-state index in [4.69, 9.17) is 16.7 Å². The highest BCUT2D eigenvalue weighted by atomic mass is 35.5. The Morgan fingerprint density at radius 2 is 2.18 bits per heavy atom. The zero-order valence-corrected chi connectivity index (χ0v) is 11.5. The quantitative estimate of drug-likeness (QED) is 0.739. The molecule has 0 aliphatic carbocycles. The molecule has 1 aromatic rings.